The molecule has 5 aliphatic heterocycles. The van der Waals surface area contributed by atoms with Crippen LogP contribution in [0, 0.1) is 18.8 Å². The van der Waals surface area contributed by atoms with Crippen molar-refractivity contribution in [2.45, 2.75) is 138 Å². The number of fused-ring (bicyclic) bond motifs is 1. The maximum atomic E-state index is 14.4. The fraction of sp³-hybridized carbons (Fsp3) is 0.638. The SMILES string of the molecule is COC1[C@@H](OP(O)(=S)OC[C@H]2O[C@@H](n3cnc4c(=O)[nH]c(N)nc43)C[C@H]2OP(=S)(S)OC[C@H]2O[C@@H](n3cc(C)c(=O)[nH]c3=O)C[C@H]2OP(=S)(OCCOCCOCCN)OC[C@H]2O[C@@H](n3ccc(N)nc3=O)C[C@H]2C(C)C)[C@@H](COP(=O)(S)O[C@@H]2C(OC)[C@H](n3cc(Br)c(=O)[nH]c3=O)O[C@@H]2CO)O[C@H]1n1ccc(N)nc1=O. The third-order valence-corrected chi connectivity index (χ3v) is 26.6. The highest BCUT2D eigenvalue weighted by atomic mass is 79.9. The number of aliphatic hydroxyl groups excluding tert-OH is 1. The third-order valence-electron chi connectivity index (χ3n) is 18.3. The fourth-order valence-corrected chi connectivity index (χ4v) is 20.3. The predicted molar refractivity (Wildman–Crippen MR) is 414 cm³/mol. The van der Waals surface area contributed by atoms with E-state index in [1.165, 1.54) is 67.3 Å². The number of aromatic nitrogens is 12. The Kier molecular flexibility index (Phi) is 29.9. The van der Waals surface area contributed by atoms with Gasteiger partial charge in [0.05, 0.1) is 95.2 Å². The van der Waals surface area contributed by atoms with Gasteiger partial charge < -0.3 is 103 Å². The molecule has 0 aromatic carbocycles. The third kappa shape index (κ3) is 21.5. The number of halogens is 1. The molecule has 6 aromatic heterocycles. The van der Waals surface area contributed by atoms with E-state index in [0.717, 1.165) is 19.9 Å². The monoisotopic (exact) mass is 1810 g/mol. The minimum absolute atomic E-state index is 0.00200. The summed E-state index contributed by atoms with van der Waals surface area (Å²) < 4.78 is 131. The van der Waals surface area contributed by atoms with Crippen LogP contribution in [-0.4, -0.2) is 222 Å². The molecule has 21 atom stereocenters. The largest absolute Gasteiger partial charge is 0.394 e. The van der Waals surface area contributed by atoms with Gasteiger partial charge in [0.25, 0.3) is 16.7 Å². The number of anilines is 3. The van der Waals surface area contributed by atoms with Crippen molar-refractivity contribution in [2.75, 3.05) is 104 Å². The van der Waals surface area contributed by atoms with Gasteiger partial charge in [0.1, 0.15) is 79.2 Å². The van der Waals surface area contributed by atoms with Crippen LogP contribution in [0.25, 0.3) is 11.2 Å². The second-order valence-electron chi connectivity index (χ2n) is 26.0. The molecular weight excluding hydrogens is 1730 g/mol. The summed E-state index contributed by atoms with van der Waals surface area (Å²) >= 11 is 30.0. The molecule has 11 heterocycles. The van der Waals surface area contributed by atoms with E-state index in [0.29, 0.717) is 19.6 Å². The van der Waals surface area contributed by atoms with Gasteiger partial charge in [0.2, 0.25) is 11.6 Å². The van der Waals surface area contributed by atoms with E-state index in [1.807, 2.05) is 13.8 Å². The first-order chi connectivity index (χ1) is 53.1. The van der Waals surface area contributed by atoms with Crippen molar-refractivity contribution >= 4 is 131 Å². The van der Waals surface area contributed by atoms with Crippen molar-refractivity contribution in [3.8, 4) is 0 Å². The van der Waals surface area contributed by atoms with Gasteiger partial charge in [0, 0.05) is 64.0 Å². The summed E-state index contributed by atoms with van der Waals surface area (Å²) in [6.07, 6.45) is -13.8. The minimum atomic E-state index is -4.71. The van der Waals surface area contributed by atoms with Crippen LogP contribution < -0.4 is 62.4 Å². The molecule has 0 amide bonds. The Morgan fingerprint density at radius 2 is 1.17 bits per heavy atom. The van der Waals surface area contributed by atoms with E-state index in [4.69, 9.17) is 154 Å². The second kappa shape index (κ2) is 38.0. The Bertz CT molecular complexity index is 4970. The van der Waals surface area contributed by atoms with E-state index < -0.39 is 190 Å². The van der Waals surface area contributed by atoms with Crippen molar-refractivity contribution in [1.29, 1.82) is 0 Å². The van der Waals surface area contributed by atoms with Crippen LogP contribution >= 0.6 is 66.4 Å². The first-order valence-electron chi connectivity index (χ1n) is 34.2. The van der Waals surface area contributed by atoms with Gasteiger partial charge >= 0.3 is 43.0 Å². The number of nitrogens with two attached hydrogens (primary N) is 4. The second-order valence-corrected chi connectivity index (χ2v) is 40.7. The quantitative estimate of drug-likeness (QED) is 0.0145. The molecule has 0 bridgehead atoms. The van der Waals surface area contributed by atoms with E-state index in [1.54, 1.807) is 0 Å². The average molecular weight is 1820 g/mol. The highest BCUT2D eigenvalue weighted by Crippen LogP contribution is 2.61. The Morgan fingerprint density at radius 3 is 1.81 bits per heavy atom. The number of thiol groups is 2. The lowest BCUT2D eigenvalue weighted by Crippen LogP contribution is -2.40. The molecule has 620 valence electrons. The molecule has 5 aliphatic rings. The van der Waals surface area contributed by atoms with Crippen LogP contribution in [0.5, 0.6) is 0 Å². The van der Waals surface area contributed by atoms with Crippen molar-refractivity contribution in [1.82, 2.24) is 57.7 Å². The normalized spacial score (nSPS) is 28.9. The summed E-state index contributed by atoms with van der Waals surface area (Å²) in [4.78, 5) is 126. The van der Waals surface area contributed by atoms with Crippen LogP contribution in [0.1, 0.15) is 69.8 Å². The number of aryl methyl sites for hydroxylation is 1. The summed E-state index contributed by atoms with van der Waals surface area (Å²) in [6.45, 7) is -10.1. The zero-order valence-electron chi connectivity index (χ0n) is 60.0. The van der Waals surface area contributed by atoms with Crippen LogP contribution in [0.3, 0.4) is 0 Å². The molecular formula is C58H83BrN16O28P4S5. The maximum Gasteiger partial charge on any atom is 0.386 e. The van der Waals surface area contributed by atoms with Gasteiger partial charge in [-0.3, -0.25) is 65.7 Å². The van der Waals surface area contributed by atoms with Crippen molar-refractivity contribution < 1.29 is 97.9 Å². The number of imidazole rings is 1. The first-order valence-corrected chi connectivity index (χ1v) is 46.6. The van der Waals surface area contributed by atoms with Gasteiger partial charge in [-0.1, -0.05) is 38.3 Å². The van der Waals surface area contributed by atoms with Crippen LogP contribution in [0.4, 0.5) is 17.6 Å². The summed E-state index contributed by atoms with van der Waals surface area (Å²) in [5.74, 6) is -0.598. The maximum absolute atomic E-state index is 14.4. The Morgan fingerprint density at radius 1 is 0.616 bits per heavy atom. The fourth-order valence-electron chi connectivity index (χ4n) is 12.9. The number of nitrogens with one attached hydrogen (secondary N) is 3. The highest BCUT2D eigenvalue weighted by Gasteiger charge is 2.54. The highest BCUT2D eigenvalue weighted by molar-refractivity contribution is 9.10. The number of hydrogen-bond donors (Lipinski definition) is 11. The smallest absolute Gasteiger partial charge is 0.386 e. The molecule has 0 radical (unpaired) electrons. The predicted octanol–water partition coefficient (Wildman–Crippen LogP) is 0.752. The number of aromatic amines is 3. The van der Waals surface area contributed by atoms with Crippen LogP contribution in [0.2, 0.25) is 0 Å². The summed E-state index contributed by atoms with van der Waals surface area (Å²) in [7, 11) is 2.42. The van der Waals surface area contributed by atoms with Crippen LogP contribution in [0.15, 0.2) is 81.3 Å². The number of methoxy groups -OCH3 is 2. The number of nitrogen functional groups attached to an aromatic ring is 3. The van der Waals surface area contributed by atoms with Gasteiger partial charge in [-0.15, -0.1) is 0 Å². The van der Waals surface area contributed by atoms with Crippen molar-refractivity contribution in [2.24, 2.45) is 17.6 Å². The molecule has 6 aromatic rings. The van der Waals surface area contributed by atoms with Crippen molar-refractivity contribution in [3.05, 3.63) is 126 Å². The van der Waals surface area contributed by atoms with Gasteiger partial charge in [-0.05, 0) is 88.7 Å². The topological polar surface area (TPSA) is 571 Å². The average Bonchev–Trinajstić information content (AvgIpc) is 1.62. The molecule has 5 saturated heterocycles. The molecule has 112 heavy (non-hydrogen) atoms. The number of rotatable bonds is 38. The number of H-pyrrole nitrogens is 3. The Labute approximate surface area is 668 Å². The van der Waals surface area contributed by atoms with E-state index >= 15 is 0 Å². The zero-order valence-corrected chi connectivity index (χ0v) is 69.4. The van der Waals surface area contributed by atoms with Crippen molar-refractivity contribution in [3.63, 3.8) is 0 Å². The molecule has 0 spiro atoms. The van der Waals surface area contributed by atoms with Crippen LogP contribution in [-0.2, 0) is 123 Å². The standard InChI is InChI=1S/C58H83BrN16O28P4S5/c1-27(2)29-16-40(71-9-6-38(61)65-55(71)80)95-34(29)22-93-106(110,90-15-14-89-13-12-88-11-8-60)100-31-17-41(73-19-28(3)49(77)69-57(73)82)96-36(31)24-94-107(111,112)101-32-18-42(75-26-64-43-48(75)67-54(63)68-51(43)79)97-35(32)23-91-104(84,108)103-45-37(99-52(47(45)87-5)72-10-7-39(62)66-56(72)81)25-92-105(85,109)102-44-33(21-76)98-53(46(44)86-4)74-20-30(59)50(78)70-58(74)83/h6-7,9-10,19-20,26-27,29,31-37,40-42,44-47,52-53,76H,8,11-18,21-25,60H2,1-5H3,(H,84,108)(H,85,109)(H,111,112)(H2,61,65,80)(H2,62,66,81)(H,69,77,82)(H,70,78,83)(H3,63,67,68,79)/t29-,31+,32+,33+,34+,35+,36+,37+,40+,41+,42+,44-,45-,46?,47?,52+,53+,104?,105?,106?/m0/s1. The minimum Gasteiger partial charge on any atom is -0.394 e. The molecule has 13 N–H and O–H groups in total. The summed E-state index contributed by atoms with van der Waals surface area (Å²) in [5.41, 5.74) is 13.9. The van der Waals surface area contributed by atoms with E-state index in [-0.39, 0.29) is 96.5 Å². The molecule has 5 fully saturated rings. The molecule has 0 aliphatic carbocycles. The molecule has 44 nitrogen and oxygen atoms in total. The number of hydrogen-bond acceptors (Lipinski definition) is 38. The molecule has 0 saturated carbocycles. The van der Waals surface area contributed by atoms with Gasteiger partial charge in [0.15, 0.2) is 23.6 Å². The first kappa shape index (κ1) is 88.2. The van der Waals surface area contributed by atoms with E-state index in [2.05, 4.69) is 63.1 Å². The number of nitrogens with zero attached hydrogens (tertiary/aromatic N) is 9. The molecule has 6 unspecified atom stereocenters. The Hall–Kier alpha value is -4.61. The number of ether oxygens (including phenoxy) is 9. The number of aliphatic hydroxyl groups is 1. The summed E-state index contributed by atoms with van der Waals surface area (Å²) in [5, 5.41) is 10.4. The van der Waals surface area contributed by atoms with Gasteiger partial charge in [-0.2, -0.15) is 15.0 Å². The lowest BCUT2D eigenvalue weighted by Gasteiger charge is -2.30. The lowest BCUT2D eigenvalue weighted by molar-refractivity contribution is -0.0626. The lowest BCUT2D eigenvalue weighted by atomic mass is 9.89. The molecule has 54 heteroatoms. The van der Waals surface area contributed by atoms with Gasteiger partial charge in [-0.25, -0.2) is 28.7 Å². The van der Waals surface area contributed by atoms with E-state index in [9.17, 15) is 48.1 Å². The Balaban J connectivity index is 0.835. The zero-order chi connectivity index (χ0) is 80.9. The summed E-state index contributed by atoms with van der Waals surface area (Å²) in [6, 6.07) is 2.75. The molecule has 11 rings (SSSR count).